The summed E-state index contributed by atoms with van der Waals surface area (Å²) in [5.41, 5.74) is 0. The van der Waals surface area contributed by atoms with Gasteiger partial charge in [0.15, 0.2) is 0 Å². The van der Waals surface area contributed by atoms with Gasteiger partial charge in [-0.25, -0.2) is 0 Å². The SMILES string of the molecule is CC(C)OC(CC[C-]=O)C(CC(OC(=O)CCC(O)C(O)CC(O)C(C)OC(=O)CCC(O)C(O)CC(O)C(C)O)C(C)OC(=O)CCC(O)C(O)CC(O)C(C)O)OC(=O)CCC(O)C(O)CC(O)C(C)OC(=O)CCC(O)C(O)CC(O)C(C)O.[Y]. The van der Waals surface area contributed by atoms with E-state index in [-0.39, 0.29) is 71.2 Å². The van der Waals surface area contributed by atoms with Gasteiger partial charge in [0.05, 0.1) is 122 Å². The molecule has 88 heavy (non-hydrogen) atoms. The molecule has 18 N–H and O–H groups in total. The molecule has 0 fully saturated rings. The average molecular weight is 1360 g/mol. The third-order valence-corrected chi connectivity index (χ3v) is 14.5. The standard InChI is InChI=1S/C57H103O30.Y/c1-28(2)82-50(10-9-21-58)52(87-57(81)20-15-39(66)49(76)26-44(71)33(7)84-54(78)17-12-36(63)46(73)23-41(68)30(4)60)27-51(34(8)85-55(79)18-13-37(64)47(74)24-42(69)31(5)61)86-56(80)19-14-38(65)48(75)25-43(70)32(6)83-53(77)16-11-35(62)45(72)22-40(67)29(3)59;/h28-52,59-76H,9-20,22-27H2,1-8H3;/q-1;. The fourth-order valence-electron chi connectivity index (χ4n) is 8.51. The van der Waals surface area contributed by atoms with Crippen LogP contribution in [-0.4, -0.2) is 281 Å². The molecular formula is C57H103O30Y-. The zero-order chi connectivity index (χ0) is 67.0. The van der Waals surface area contributed by atoms with Gasteiger partial charge in [-0.05, 0) is 93.9 Å². The minimum atomic E-state index is -1.73. The van der Waals surface area contributed by atoms with E-state index in [1.54, 1.807) is 20.1 Å². The molecule has 0 saturated heterocycles. The Morgan fingerprint density at radius 2 is 0.545 bits per heavy atom. The maximum absolute atomic E-state index is 13.6. The Hall–Kier alpha value is -2.64. The Kier molecular flexibility index (Phi) is 46.1. The fraction of sp³-hybridized carbons (Fsp3) is 0.895. The van der Waals surface area contributed by atoms with Crippen LogP contribution in [0, 0.1) is 0 Å². The predicted octanol–water partition coefficient (Wildman–Crippen LogP) is -3.92. The Morgan fingerprint density at radius 3 is 0.807 bits per heavy atom. The molecule has 0 aliphatic rings. The number of aliphatic hydroxyl groups is 18. The van der Waals surface area contributed by atoms with Gasteiger partial charge in [-0.3, -0.25) is 30.3 Å². The van der Waals surface area contributed by atoms with Crippen molar-refractivity contribution >= 4 is 36.1 Å². The topological polar surface area (TPSA) is 522 Å². The van der Waals surface area contributed by atoms with E-state index >= 15 is 0 Å². The second-order valence-electron chi connectivity index (χ2n) is 22.9. The second-order valence-corrected chi connectivity index (χ2v) is 22.9. The molecule has 0 aromatic rings. The first kappa shape index (κ1) is 87.4. The quantitative estimate of drug-likeness (QED) is 0.0157. The van der Waals surface area contributed by atoms with Crippen LogP contribution in [0.5, 0.6) is 0 Å². The Bertz CT molecular complexity index is 1920. The fourth-order valence-corrected chi connectivity index (χ4v) is 8.51. The van der Waals surface area contributed by atoms with Crippen molar-refractivity contribution in [2.24, 2.45) is 0 Å². The summed E-state index contributed by atoms with van der Waals surface area (Å²) in [4.78, 5) is 76.9. The summed E-state index contributed by atoms with van der Waals surface area (Å²) < 4.78 is 33.5. The smallest absolute Gasteiger partial charge is 0.306 e. The number of esters is 5. The average Bonchev–Trinajstić information content (AvgIpc) is 3.64. The van der Waals surface area contributed by atoms with E-state index < -0.39 is 259 Å². The van der Waals surface area contributed by atoms with Crippen molar-refractivity contribution in [3.63, 3.8) is 0 Å². The third kappa shape index (κ3) is 37.8. The van der Waals surface area contributed by atoms with E-state index in [0.717, 1.165) is 0 Å². The number of hydrogen-bond acceptors (Lipinski definition) is 30. The first-order valence-corrected chi connectivity index (χ1v) is 29.6. The molecule has 0 saturated carbocycles. The van der Waals surface area contributed by atoms with E-state index in [9.17, 15) is 121 Å². The van der Waals surface area contributed by atoms with Crippen LogP contribution in [0.15, 0.2) is 0 Å². The summed E-state index contributed by atoms with van der Waals surface area (Å²) in [6, 6.07) is 0. The number of aliphatic hydroxyl groups excluding tert-OH is 18. The van der Waals surface area contributed by atoms with Crippen molar-refractivity contribution in [3.8, 4) is 0 Å². The number of hydrogen-bond donors (Lipinski definition) is 18. The molecule has 515 valence electrons. The number of carbonyl (C=O) groups excluding carboxylic acids is 6. The van der Waals surface area contributed by atoms with Gasteiger partial charge >= 0.3 is 29.8 Å². The molecule has 30 nitrogen and oxygen atoms in total. The van der Waals surface area contributed by atoms with Gasteiger partial charge in [0.2, 0.25) is 0 Å². The van der Waals surface area contributed by atoms with Crippen LogP contribution >= 0.6 is 0 Å². The number of carbonyl (C=O) groups is 5. The molecule has 24 unspecified atom stereocenters. The van der Waals surface area contributed by atoms with Crippen molar-refractivity contribution in [2.75, 3.05) is 0 Å². The van der Waals surface area contributed by atoms with Crippen molar-refractivity contribution in [2.45, 2.75) is 324 Å². The van der Waals surface area contributed by atoms with E-state index in [0.29, 0.717) is 0 Å². The predicted molar refractivity (Wildman–Crippen MR) is 300 cm³/mol. The molecule has 0 rings (SSSR count). The molecule has 0 amide bonds. The van der Waals surface area contributed by atoms with Crippen LogP contribution in [-0.2, 0) is 89.9 Å². The molecule has 1 radical (unpaired) electrons. The van der Waals surface area contributed by atoms with E-state index in [4.69, 9.17) is 28.4 Å². The van der Waals surface area contributed by atoms with Gasteiger partial charge in [-0.1, -0.05) is 0 Å². The molecule has 0 heterocycles. The molecule has 0 aliphatic heterocycles. The molecule has 24 atom stereocenters. The van der Waals surface area contributed by atoms with E-state index in [1.165, 1.54) is 41.5 Å². The summed E-state index contributed by atoms with van der Waals surface area (Å²) in [5, 5.41) is 184. The van der Waals surface area contributed by atoms with Crippen LogP contribution in [0.1, 0.15) is 171 Å². The van der Waals surface area contributed by atoms with E-state index in [2.05, 4.69) is 0 Å². The summed E-state index contributed by atoms with van der Waals surface area (Å²) in [5.74, 6) is -4.97. The maximum Gasteiger partial charge on any atom is 0.306 e. The van der Waals surface area contributed by atoms with Gasteiger partial charge in [-0.15, -0.1) is 6.42 Å². The minimum absolute atomic E-state index is 0. The molecule has 0 aliphatic carbocycles. The van der Waals surface area contributed by atoms with Crippen LogP contribution < -0.4 is 0 Å². The summed E-state index contributed by atoms with van der Waals surface area (Å²) in [6.07, 6.45) is -41.9. The maximum atomic E-state index is 13.6. The monoisotopic (exact) mass is 1360 g/mol. The van der Waals surface area contributed by atoms with Gasteiger partial charge < -0.3 is 125 Å². The minimum Gasteiger partial charge on any atom is -0.542 e. The van der Waals surface area contributed by atoms with Crippen molar-refractivity contribution in [3.05, 3.63) is 0 Å². The Morgan fingerprint density at radius 1 is 0.295 bits per heavy atom. The first-order chi connectivity index (χ1) is 40.4. The third-order valence-electron chi connectivity index (χ3n) is 14.5. The second kappa shape index (κ2) is 46.4. The molecule has 0 aromatic heterocycles. The molecule has 0 spiro atoms. The zero-order valence-electron chi connectivity index (χ0n) is 51.7. The van der Waals surface area contributed by atoms with Crippen LogP contribution in [0.3, 0.4) is 0 Å². The van der Waals surface area contributed by atoms with Gasteiger partial charge in [-0.2, -0.15) is 0 Å². The number of rotatable bonds is 49. The number of ether oxygens (including phenoxy) is 6. The largest absolute Gasteiger partial charge is 0.542 e. The zero-order valence-corrected chi connectivity index (χ0v) is 54.5. The molecule has 0 aromatic carbocycles. The van der Waals surface area contributed by atoms with Gasteiger partial charge in [0.25, 0.3) is 0 Å². The van der Waals surface area contributed by atoms with Crippen LogP contribution in [0.25, 0.3) is 0 Å². The summed E-state index contributed by atoms with van der Waals surface area (Å²) in [6.45, 7) is 10.9. The van der Waals surface area contributed by atoms with Crippen molar-refractivity contribution < 1.29 is 182 Å². The summed E-state index contributed by atoms with van der Waals surface area (Å²) >= 11 is 0. The first-order valence-electron chi connectivity index (χ1n) is 29.6. The molecule has 31 heteroatoms. The van der Waals surface area contributed by atoms with Crippen molar-refractivity contribution in [1.29, 1.82) is 0 Å². The normalized spacial score (nSPS) is 20.2. The van der Waals surface area contributed by atoms with Gasteiger partial charge in [0.1, 0.15) is 30.5 Å². The Balaban J connectivity index is 0. The van der Waals surface area contributed by atoms with Crippen LogP contribution in [0.4, 0.5) is 0 Å². The van der Waals surface area contributed by atoms with Crippen LogP contribution in [0.2, 0.25) is 0 Å². The molecule has 0 bridgehead atoms. The molecular weight excluding hydrogens is 1250 g/mol. The Labute approximate surface area is 539 Å². The van der Waals surface area contributed by atoms with E-state index in [1.807, 2.05) is 0 Å². The summed E-state index contributed by atoms with van der Waals surface area (Å²) in [7, 11) is 0. The van der Waals surface area contributed by atoms with Crippen molar-refractivity contribution in [1.82, 2.24) is 0 Å². The van der Waals surface area contributed by atoms with Gasteiger partial charge in [0, 0.05) is 103 Å².